The third-order valence-corrected chi connectivity index (χ3v) is 6.46. The van der Waals surface area contributed by atoms with Crippen LogP contribution in [-0.2, 0) is 22.4 Å². The smallest absolute Gasteiger partial charge is 0.228 e. The fourth-order valence-electron chi connectivity index (χ4n) is 4.74. The lowest BCUT2D eigenvalue weighted by Crippen LogP contribution is -2.54. The van der Waals surface area contributed by atoms with Gasteiger partial charge in [0, 0.05) is 32.0 Å². The largest absolute Gasteiger partial charge is 0.356 e. The maximum absolute atomic E-state index is 13.3. The monoisotopic (exact) mass is 441 g/mol. The molecule has 3 aromatic rings. The van der Waals surface area contributed by atoms with Crippen molar-refractivity contribution in [1.82, 2.24) is 15.2 Å². The molecule has 0 saturated carbocycles. The summed E-state index contributed by atoms with van der Waals surface area (Å²) in [5.41, 5.74) is 3.74. The number of nitrogens with one attached hydrogen (secondary N) is 1. The Morgan fingerprint density at radius 1 is 0.939 bits per heavy atom. The highest BCUT2D eigenvalue weighted by Crippen LogP contribution is 2.35. The fourth-order valence-corrected chi connectivity index (χ4v) is 4.74. The Bertz CT molecular complexity index is 1070. The summed E-state index contributed by atoms with van der Waals surface area (Å²) in [7, 11) is 0. The molecule has 1 saturated heterocycles. The van der Waals surface area contributed by atoms with E-state index in [-0.39, 0.29) is 11.8 Å². The average Bonchev–Trinajstić information content (AvgIpc) is 2.86. The minimum Gasteiger partial charge on any atom is -0.356 e. The van der Waals surface area contributed by atoms with Crippen LogP contribution in [0.3, 0.4) is 0 Å². The third kappa shape index (κ3) is 5.48. The van der Waals surface area contributed by atoms with Crippen molar-refractivity contribution in [2.24, 2.45) is 5.41 Å². The molecule has 1 aliphatic rings. The van der Waals surface area contributed by atoms with E-state index in [0.717, 1.165) is 35.1 Å². The first-order valence-electron chi connectivity index (χ1n) is 11.7. The van der Waals surface area contributed by atoms with E-state index < -0.39 is 5.41 Å². The molecule has 0 aliphatic carbocycles. The third-order valence-electron chi connectivity index (χ3n) is 6.46. The Balaban J connectivity index is 1.53. The number of hydrogen-bond acceptors (Lipinski definition) is 3. The standard InChI is InChI=1S/C28H31N3O2/c1-2-30-27(33)28(20-23-9-11-24(12-10-23)25-13-16-29-17-14-25)15-6-18-31(21-28)26(32)19-22-7-4-3-5-8-22/h3-5,7-14,16-17H,2,6,15,18-21H2,1H3,(H,30,33). The minimum absolute atomic E-state index is 0.0421. The van der Waals surface area contributed by atoms with Crippen LogP contribution in [0.4, 0.5) is 0 Å². The van der Waals surface area contributed by atoms with Gasteiger partial charge in [0.2, 0.25) is 11.8 Å². The van der Waals surface area contributed by atoms with E-state index in [9.17, 15) is 9.59 Å². The summed E-state index contributed by atoms with van der Waals surface area (Å²) in [5, 5.41) is 3.04. The van der Waals surface area contributed by atoms with Crippen LogP contribution in [0.15, 0.2) is 79.1 Å². The summed E-state index contributed by atoms with van der Waals surface area (Å²) in [6.07, 6.45) is 6.16. The summed E-state index contributed by atoms with van der Waals surface area (Å²) in [6, 6.07) is 22.2. The van der Waals surface area contributed by atoms with Gasteiger partial charge >= 0.3 is 0 Å². The van der Waals surface area contributed by atoms with E-state index >= 15 is 0 Å². The van der Waals surface area contributed by atoms with E-state index in [1.165, 1.54) is 0 Å². The summed E-state index contributed by atoms with van der Waals surface area (Å²) < 4.78 is 0. The van der Waals surface area contributed by atoms with Gasteiger partial charge in [0.25, 0.3) is 0 Å². The first-order valence-corrected chi connectivity index (χ1v) is 11.7. The second kappa shape index (κ2) is 10.4. The van der Waals surface area contributed by atoms with Gasteiger partial charge in [0.05, 0.1) is 11.8 Å². The molecule has 2 amide bonds. The molecule has 170 valence electrons. The normalized spacial score (nSPS) is 18.0. The van der Waals surface area contributed by atoms with E-state index in [0.29, 0.717) is 32.5 Å². The predicted molar refractivity (Wildman–Crippen MR) is 130 cm³/mol. The van der Waals surface area contributed by atoms with Gasteiger partial charge in [0.1, 0.15) is 0 Å². The van der Waals surface area contributed by atoms with Crippen LogP contribution in [0.25, 0.3) is 11.1 Å². The predicted octanol–water partition coefficient (Wildman–Crippen LogP) is 4.28. The molecule has 1 unspecified atom stereocenters. The minimum atomic E-state index is -0.612. The Kier molecular flexibility index (Phi) is 7.18. The van der Waals surface area contributed by atoms with Crippen molar-refractivity contribution in [2.45, 2.75) is 32.6 Å². The van der Waals surface area contributed by atoms with Gasteiger partial charge in [-0.25, -0.2) is 0 Å². The van der Waals surface area contributed by atoms with Crippen molar-refractivity contribution < 1.29 is 9.59 Å². The van der Waals surface area contributed by atoms with Gasteiger partial charge in [-0.15, -0.1) is 0 Å². The average molecular weight is 442 g/mol. The summed E-state index contributed by atoms with van der Waals surface area (Å²) in [4.78, 5) is 32.3. The highest BCUT2D eigenvalue weighted by atomic mass is 16.2. The number of pyridine rings is 1. The van der Waals surface area contributed by atoms with Crippen LogP contribution < -0.4 is 5.32 Å². The van der Waals surface area contributed by atoms with Gasteiger partial charge in [-0.3, -0.25) is 14.6 Å². The number of nitrogens with zero attached hydrogens (tertiary/aromatic N) is 2. The van der Waals surface area contributed by atoms with Crippen molar-refractivity contribution in [3.63, 3.8) is 0 Å². The number of hydrogen-bond donors (Lipinski definition) is 1. The number of aromatic nitrogens is 1. The Morgan fingerprint density at radius 2 is 1.64 bits per heavy atom. The Hall–Kier alpha value is -3.47. The molecule has 1 fully saturated rings. The summed E-state index contributed by atoms with van der Waals surface area (Å²) in [5.74, 6) is 0.128. The second-order valence-corrected chi connectivity index (χ2v) is 8.83. The van der Waals surface area contributed by atoms with Gasteiger partial charge in [0.15, 0.2) is 0 Å². The zero-order valence-corrected chi connectivity index (χ0v) is 19.2. The number of rotatable bonds is 7. The van der Waals surface area contributed by atoms with Crippen LogP contribution in [0.2, 0.25) is 0 Å². The highest BCUT2D eigenvalue weighted by Gasteiger charge is 2.43. The quantitative estimate of drug-likeness (QED) is 0.595. The van der Waals surface area contributed by atoms with Crippen molar-refractivity contribution in [2.75, 3.05) is 19.6 Å². The number of benzene rings is 2. The molecule has 1 N–H and O–H groups in total. The molecule has 1 atom stereocenters. The lowest BCUT2D eigenvalue weighted by molar-refractivity contribution is -0.141. The van der Waals surface area contributed by atoms with Crippen LogP contribution in [0.5, 0.6) is 0 Å². The number of carbonyl (C=O) groups excluding carboxylic acids is 2. The topological polar surface area (TPSA) is 62.3 Å². The van der Waals surface area contributed by atoms with Gasteiger partial charge in [-0.1, -0.05) is 54.6 Å². The molecule has 0 bridgehead atoms. The lowest BCUT2D eigenvalue weighted by Gasteiger charge is -2.42. The molecule has 0 spiro atoms. The molecule has 5 heteroatoms. The van der Waals surface area contributed by atoms with Crippen molar-refractivity contribution in [1.29, 1.82) is 0 Å². The molecule has 33 heavy (non-hydrogen) atoms. The van der Waals surface area contributed by atoms with Crippen molar-refractivity contribution in [3.05, 3.63) is 90.3 Å². The zero-order chi connectivity index (χ0) is 23.1. The van der Waals surface area contributed by atoms with Crippen molar-refractivity contribution >= 4 is 11.8 Å². The zero-order valence-electron chi connectivity index (χ0n) is 19.2. The van der Waals surface area contributed by atoms with E-state index in [1.807, 2.05) is 54.3 Å². The van der Waals surface area contributed by atoms with Crippen molar-refractivity contribution in [3.8, 4) is 11.1 Å². The van der Waals surface area contributed by atoms with Gasteiger partial charge < -0.3 is 10.2 Å². The first-order chi connectivity index (χ1) is 16.1. The molecule has 0 radical (unpaired) electrons. The molecule has 1 aliphatic heterocycles. The first kappa shape index (κ1) is 22.7. The number of carbonyl (C=O) groups is 2. The van der Waals surface area contributed by atoms with E-state index in [1.54, 1.807) is 12.4 Å². The van der Waals surface area contributed by atoms with Gasteiger partial charge in [-0.05, 0) is 60.6 Å². The Labute approximate surface area is 195 Å². The Morgan fingerprint density at radius 3 is 2.33 bits per heavy atom. The SMILES string of the molecule is CCNC(=O)C1(Cc2ccc(-c3ccncc3)cc2)CCCN(C(=O)Cc2ccccc2)C1. The molecule has 2 aromatic carbocycles. The molecular formula is C28H31N3O2. The van der Waals surface area contributed by atoms with Crippen LogP contribution in [0.1, 0.15) is 30.9 Å². The van der Waals surface area contributed by atoms with E-state index in [4.69, 9.17) is 0 Å². The maximum atomic E-state index is 13.3. The highest BCUT2D eigenvalue weighted by molar-refractivity contribution is 5.85. The number of likely N-dealkylation sites (tertiary alicyclic amines) is 1. The summed E-state index contributed by atoms with van der Waals surface area (Å²) in [6.45, 7) is 3.68. The fraction of sp³-hybridized carbons (Fsp3) is 0.321. The number of piperidine rings is 1. The molecule has 4 rings (SSSR count). The van der Waals surface area contributed by atoms with Gasteiger partial charge in [-0.2, -0.15) is 0 Å². The molecule has 1 aromatic heterocycles. The van der Waals surface area contributed by atoms with Crippen LogP contribution in [0, 0.1) is 5.41 Å². The van der Waals surface area contributed by atoms with E-state index in [2.05, 4.69) is 34.6 Å². The molecule has 2 heterocycles. The number of amides is 2. The lowest BCUT2D eigenvalue weighted by atomic mass is 9.74. The summed E-state index contributed by atoms with van der Waals surface area (Å²) >= 11 is 0. The maximum Gasteiger partial charge on any atom is 0.228 e. The second-order valence-electron chi connectivity index (χ2n) is 8.83. The molecule has 5 nitrogen and oxygen atoms in total. The van der Waals surface area contributed by atoms with Crippen LogP contribution in [-0.4, -0.2) is 41.3 Å². The molecular weight excluding hydrogens is 410 g/mol. The van der Waals surface area contributed by atoms with Crippen LogP contribution >= 0.6 is 0 Å².